The van der Waals surface area contributed by atoms with E-state index in [9.17, 15) is 9.59 Å². The maximum atomic E-state index is 13.1. The van der Waals surface area contributed by atoms with Gasteiger partial charge < -0.3 is 23.4 Å². The lowest BCUT2D eigenvalue weighted by molar-refractivity contribution is -0.144. The molecule has 0 aliphatic heterocycles. The predicted molar refractivity (Wildman–Crippen MR) is 156 cm³/mol. The second-order valence-electron chi connectivity index (χ2n) is 9.11. The number of nitrogens with zero attached hydrogens (tertiary/aromatic N) is 2. The molecule has 0 fully saturated rings. The lowest BCUT2D eigenvalue weighted by Gasteiger charge is -2.28. The summed E-state index contributed by atoms with van der Waals surface area (Å²) in [5.41, 5.74) is 2.36. The van der Waals surface area contributed by atoms with Crippen LogP contribution >= 0.6 is 0 Å². The summed E-state index contributed by atoms with van der Waals surface area (Å²) in [6, 6.07) is 22.9. The van der Waals surface area contributed by atoms with E-state index in [2.05, 4.69) is 16.8 Å². The van der Waals surface area contributed by atoms with E-state index in [1.54, 1.807) is 57.4 Å². The molecular formula is C33H32N2O7. The zero-order chi connectivity index (χ0) is 29.9. The number of aromatic nitrogens is 1. The fraction of sp³-hybridized carbons (Fsp3) is 0.242. The summed E-state index contributed by atoms with van der Waals surface area (Å²) < 4.78 is 27.3. The van der Waals surface area contributed by atoms with Crippen molar-refractivity contribution in [3.63, 3.8) is 0 Å². The van der Waals surface area contributed by atoms with Crippen molar-refractivity contribution in [1.29, 1.82) is 0 Å². The van der Waals surface area contributed by atoms with Crippen molar-refractivity contribution in [2.24, 2.45) is 0 Å². The molecule has 42 heavy (non-hydrogen) atoms. The Morgan fingerprint density at radius 2 is 1.62 bits per heavy atom. The van der Waals surface area contributed by atoms with Gasteiger partial charge >= 0.3 is 12.1 Å². The van der Waals surface area contributed by atoms with Gasteiger partial charge in [-0.1, -0.05) is 36.3 Å². The first-order chi connectivity index (χ1) is 20.4. The number of ether oxygens (including phenoxy) is 4. The summed E-state index contributed by atoms with van der Waals surface area (Å²) in [6.07, 6.45) is -0.686. The summed E-state index contributed by atoms with van der Waals surface area (Å²) in [5.74, 6) is 7.95. The van der Waals surface area contributed by atoms with Crippen molar-refractivity contribution in [2.45, 2.75) is 26.8 Å². The van der Waals surface area contributed by atoms with E-state index < -0.39 is 18.1 Å². The first kappa shape index (κ1) is 29.7. The highest BCUT2D eigenvalue weighted by Gasteiger charge is 2.26. The molecule has 0 bridgehead atoms. The molecular weight excluding hydrogens is 536 g/mol. The average Bonchev–Trinajstić information content (AvgIpc) is 3.39. The third kappa shape index (κ3) is 7.92. The Hall–Kier alpha value is -5.23. The number of hydrogen-bond acceptors (Lipinski definition) is 8. The van der Waals surface area contributed by atoms with E-state index in [0.29, 0.717) is 34.6 Å². The number of oxazole rings is 1. The Kier molecular flexibility index (Phi) is 10.2. The van der Waals surface area contributed by atoms with Crippen molar-refractivity contribution in [3.05, 3.63) is 95.9 Å². The van der Waals surface area contributed by atoms with Gasteiger partial charge in [0.05, 0.1) is 25.5 Å². The SMILES string of the molecule is CCOC(=O)CN(C(=O)Oc1ccc(OC)cc1)C(C)c1ccc(OCC#Cc2oc(-c3ccccc3)nc2C)cc1. The molecule has 0 radical (unpaired) electrons. The summed E-state index contributed by atoms with van der Waals surface area (Å²) >= 11 is 0. The van der Waals surface area contributed by atoms with E-state index in [4.69, 9.17) is 23.4 Å². The minimum Gasteiger partial charge on any atom is -0.497 e. The van der Waals surface area contributed by atoms with Gasteiger partial charge in [-0.2, -0.15) is 0 Å². The van der Waals surface area contributed by atoms with Crippen LogP contribution in [-0.2, 0) is 9.53 Å². The summed E-state index contributed by atoms with van der Waals surface area (Å²) in [4.78, 5) is 31.2. The predicted octanol–water partition coefficient (Wildman–Crippen LogP) is 6.21. The number of amides is 1. The van der Waals surface area contributed by atoms with Crippen LogP contribution in [-0.4, -0.2) is 48.8 Å². The Morgan fingerprint density at radius 3 is 2.29 bits per heavy atom. The summed E-state index contributed by atoms with van der Waals surface area (Å²) in [7, 11) is 1.55. The minimum atomic E-state index is -0.686. The highest BCUT2D eigenvalue weighted by atomic mass is 16.6. The maximum Gasteiger partial charge on any atom is 0.416 e. The lowest BCUT2D eigenvalue weighted by Crippen LogP contribution is -2.40. The van der Waals surface area contributed by atoms with E-state index in [0.717, 1.165) is 11.1 Å². The van der Waals surface area contributed by atoms with Gasteiger partial charge in [-0.05, 0) is 80.8 Å². The number of benzene rings is 3. The summed E-state index contributed by atoms with van der Waals surface area (Å²) in [5, 5.41) is 0. The van der Waals surface area contributed by atoms with Crippen LogP contribution in [0, 0.1) is 18.8 Å². The monoisotopic (exact) mass is 568 g/mol. The highest BCUT2D eigenvalue weighted by molar-refractivity contribution is 5.79. The molecule has 0 saturated carbocycles. The van der Waals surface area contributed by atoms with Crippen LogP contribution in [0.3, 0.4) is 0 Å². The van der Waals surface area contributed by atoms with Crippen LogP contribution in [0.25, 0.3) is 11.5 Å². The van der Waals surface area contributed by atoms with Gasteiger partial charge in [0, 0.05) is 5.56 Å². The maximum absolute atomic E-state index is 13.1. The number of carbonyl (C=O) groups is 2. The van der Waals surface area contributed by atoms with Gasteiger partial charge in [0.2, 0.25) is 11.7 Å². The zero-order valence-corrected chi connectivity index (χ0v) is 24.0. The zero-order valence-electron chi connectivity index (χ0n) is 24.0. The second-order valence-corrected chi connectivity index (χ2v) is 9.11. The van der Waals surface area contributed by atoms with Crippen molar-refractivity contribution < 1.29 is 33.0 Å². The third-order valence-corrected chi connectivity index (χ3v) is 6.26. The third-order valence-electron chi connectivity index (χ3n) is 6.26. The Morgan fingerprint density at radius 1 is 0.952 bits per heavy atom. The van der Waals surface area contributed by atoms with Crippen molar-refractivity contribution >= 4 is 12.1 Å². The molecule has 1 amide bonds. The number of aryl methyl sites for hydroxylation is 1. The molecule has 1 aromatic heterocycles. The number of rotatable bonds is 10. The van der Waals surface area contributed by atoms with E-state index in [1.807, 2.05) is 49.4 Å². The summed E-state index contributed by atoms with van der Waals surface area (Å²) in [6.45, 7) is 5.43. The smallest absolute Gasteiger partial charge is 0.416 e. The molecule has 0 N–H and O–H groups in total. The quantitative estimate of drug-likeness (QED) is 0.164. The molecule has 3 aromatic carbocycles. The molecule has 4 rings (SSSR count). The Labute approximate surface area is 245 Å². The topological polar surface area (TPSA) is 100 Å². The molecule has 9 nitrogen and oxygen atoms in total. The van der Waals surface area contributed by atoms with Gasteiger partial charge in [-0.15, -0.1) is 0 Å². The van der Waals surface area contributed by atoms with Crippen molar-refractivity contribution in [2.75, 3.05) is 26.9 Å². The molecule has 216 valence electrons. The second kappa shape index (κ2) is 14.4. The molecule has 0 saturated heterocycles. The van der Waals surface area contributed by atoms with Crippen LogP contribution in [0.1, 0.15) is 36.9 Å². The normalized spacial score (nSPS) is 11.0. The fourth-order valence-electron chi connectivity index (χ4n) is 3.98. The highest BCUT2D eigenvalue weighted by Crippen LogP contribution is 2.25. The van der Waals surface area contributed by atoms with E-state index >= 15 is 0 Å². The fourth-order valence-corrected chi connectivity index (χ4v) is 3.98. The number of hydrogen-bond donors (Lipinski definition) is 0. The number of carbonyl (C=O) groups excluding carboxylic acids is 2. The number of methoxy groups -OCH3 is 1. The Bertz CT molecular complexity index is 1540. The molecule has 1 heterocycles. The largest absolute Gasteiger partial charge is 0.497 e. The van der Waals surface area contributed by atoms with Crippen LogP contribution in [0.2, 0.25) is 0 Å². The van der Waals surface area contributed by atoms with Gasteiger partial charge in [-0.25, -0.2) is 9.78 Å². The van der Waals surface area contributed by atoms with E-state index in [-0.39, 0.29) is 19.8 Å². The van der Waals surface area contributed by atoms with Crippen LogP contribution in [0.5, 0.6) is 17.2 Å². The first-order valence-electron chi connectivity index (χ1n) is 13.4. The van der Waals surface area contributed by atoms with Gasteiger partial charge in [-0.3, -0.25) is 9.69 Å². The van der Waals surface area contributed by atoms with Gasteiger partial charge in [0.1, 0.15) is 30.4 Å². The lowest BCUT2D eigenvalue weighted by atomic mass is 10.1. The molecule has 0 spiro atoms. The molecule has 1 atom stereocenters. The molecule has 9 heteroatoms. The molecule has 0 aliphatic carbocycles. The van der Waals surface area contributed by atoms with Gasteiger partial charge in [0.15, 0.2) is 0 Å². The number of esters is 1. The molecule has 1 unspecified atom stereocenters. The van der Waals surface area contributed by atoms with E-state index in [1.165, 1.54) is 4.90 Å². The first-order valence-corrected chi connectivity index (χ1v) is 13.4. The van der Waals surface area contributed by atoms with Crippen molar-refractivity contribution in [3.8, 4) is 40.5 Å². The van der Waals surface area contributed by atoms with Crippen LogP contribution in [0.4, 0.5) is 4.79 Å². The average molecular weight is 569 g/mol. The Balaban J connectivity index is 1.39. The van der Waals surface area contributed by atoms with Gasteiger partial charge in [0.25, 0.3) is 0 Å². The van der Waals surface area contributed by atoms with Crippen LogP contribution < -0.4 is 14.2 Å². The van der Waals surface area contributed by atoms with Crippen LogP contribution in [0.15, 0.2) is 83.3 Å². The molecule has 4 aromatic rings. The standard InChI is InChI=1S/C33H32N2O7/c1-5-39-31(36)22-35(33(37)41-29-19-17-27(38-4)18-20-29)24(3)25-13-15-28(16-14-25)40-21-9-12-30-23(2)34-32(42-30)26-10-7-6-8-11-26/h6-8,10-11,13-20,24H,5,21-22H2,1-4H3. The van der Waals surface area contributed by atoms with Crippen molar-refractivity contribution in [1.82, 2.24) is 9.88 Å². The molecule has 0 aliphatic rings. The minimum absolute atomic E-state index is 0.138.